The van der Waals surface area contributed by atoms with Gasteiger partial charge in [0.1, 0.15) is 0 Å². The average Bonchev–Trinajstić information content (AvgIpc) is 2.87. The molecule has 1 aliphatic heterocycles. The first-order valence-electron chi connectivity index (χ1n) is 6.35. The number of thiophene rings is 1. The predicted molar refractivity (Wildman–Crippen MR) is 82.7 cm³/mol. The highest BCUT2D eigenvalue weighted by Gasteiger charge is 2.29. The molecule has 0 aromatic carbocycles. The Labute approximate surface area is 122 Å². The van der Waals surface area contributed by atoms with Crippen LogP contribution >= 0.6 is 23.1 Å². The van der Waals surface area contributed by atoms with Gasteiger partial charge in [-0.15, -0.1) is 11.3 Å². The summed E-state index contributed by atoms with van der Waals surface area (Å²) in [7, 11) is 0. The van der Waals surface area contributed by atoms with Crippen LogP contribution in [0.5, 0.6) is 0 Å². The molecule has 0 aliphatic carbocycles. The van der Waals surface area contributed by atoms with Crippen molar-refractivity contribution in [3.8, 4) is 11.8 Å². The fourth-order valence-electron chi connectivity index (χ4n) is 2.02. The summed E-state index contributed by atoms with van der Waals surface area (Å²) >= 11 is 3.38. The predicted octanol–water partition coefficient (Wildman–Crippen LogP) is 2.02. The van der Waals surface area contributed by atoms with Gasteiger partial charge in [-0.1, -0.05) is 18.8 Å². The molecule has 0 radical (unpaired) electrons. The van der Waals surface area contributed by atoms with Crippen molar-refractivity contribution in [2.24, 2.45) is 5.73 Å². The van der Waals surface area contributed by atoms with Crippen LogP contribution in [0.1, 0.15) is 28.4 Å². The van der Waals surface area contributed by atoms with Gasteiger partial charge >= 0.3 is 0 Å². The van der Waals surface area contributed by atoms with Crippen LogP contribution in [0.15, 0.2) is 12.1 Å². The van der Waals surface area contributed by atoms with Crippen molar-refractivity contribution in [2.45, 2.75) is 25.1 Å². The minimum absolute atomic E-state index is 0.130. The zero-order valence-electron chi connectivity index (χ0n) is 11.2. The van der Waals surface area contributed by atoms with Gasteiger partial charge in [0.05, 0.1) is 16.3 Å². The first-order chi connectivity index (χ1) is 9.13. The number of carbonyl (C=O) groups is 1. The lowest BCUT2D eigenvalue weighted by molar-refractivity contribution is 0.0703. The Morgan fingerprint density at radius 1 is 1.53 bits per heavy atom. The average molecular weight is 294 g/mol. The number of nitrogens with zero attached hydrogens (tertiary/aromatic N) is 1. The summed E-state index contributed by atoms with van der Waals surface area (Å²) in [5, 5.41) is 0.495. The Morgan fingerprint density at radius 2 is 2.32 bits per heavy atom. The van der Waals surface area contributed by atoms with Gasteiger partial charge in [-0.3, -0.25) is 4.79 Å². The topological polar surface area (TPSA) is 46.3 Å². The second kappa shape index (κ2) is 6.47. The van der Waals surface area contributed by atoms with Crippen LogP contribution in [0.3, 0.4) is 0 Å². The Morgan fingerprint density at radius 3 is 3.05 bits per heavy atom. The Kier molecular flexibility index (Phi) is 4.92. The molecule has 102 valence electrons. The summed E-state index contributed by atoms with van der Waals surface area (Å²) < 4.78 is 0. The Bertz CT molecular complexity index is 515. The molecule has 1 fully saturated rings. The molecule has 1 saturated heterocycles. The van der Waals surface area contributed by atoms with Gasteiger partial charge in [0, 0.05) is 23.6 Å². The van der Waals surface area contributed by atoms with E-state index in [0.29, 0.717) is 11.8 Å². The van der Waals surface area contributed by atoms with Gasteiger partial charge < -0.3 is 10.6 Å². The maximum absolute atomic E-state index is 12.5. The molecule has 0 spiro atoms. The smallest absolute Gasteiger partial charge is 0.264 e. The Balaban J connectivity index is 2.12. The summed E-state index contributed by atoms with van der Waals surface area (Å²) in [5.41, 5.74) is 5.35. The van der Waals surface area contributed by atoms with Crippen LogP contribution in [-0.2, 0) is 0 Å². The van der Waals surface area contributed by atoms with E-state index in [0.717, 1.165) is 22.1 Å². The van der Waals surface area contributed by atoms with E-state index in [1.165, 1.54) is 11.3 Å². The molecule has 2 heterocycles. The first kappa shape index (κ1) is 14.4. The van der Waals surface area contributed by atoms with E-state index >= 15 is 0 Å². The van der Waals surface area contributed by atoms with Crippen molar-refractivity contribution >= 4 is 29.0 Å². The highest BCUT2D eigenvalue weighted by molar-refractivity contribution is 8.00. The zero-order valence-corrected chi connectivity index (χ0v) is 12.8. The summed E-state index contributed by atoms with van der Waals surface area (Å²) in [5.74, 6) is 6.93. The monoisotopic (exact) mass is 294 g/mol. The maximum atomic E-state index is 12.5. The maximum Gasteiger partial charge on any atom is 0.264 e. The number of hydrogen-bond acceptors (Lipinski definition) is 4. The van der Waals surface area contributed by atoms with Crippen LogP contribution in [-0.4, -0.2) is 40.9 Å². The first-order valence-corrected chi connectivity index (χ1v) is 8.21. The third kappa shape index (κ3) is 3.33. The normalized spacial score (nSPS) is 22.8. The van der Waals surface area contributed by atoms with Crippen molar-refractivity contribution in [3.05, 3.63) is 21.9 Å². The van der Waals surface area contributed by atoms with Gasteiger partial charge in [-0.25, -0.2) is 0 Å². The van der Waals surface area contributed by atoms with Crippen LogP contribution in [0, 0.1) is 11.8 Å². The Hall–Kier alpha value is -0.960. The minimum atomic E-state index is 0.130. The molecule has 1 aromatic rings. The molecule has 2 N–H and O–H groups in total. The minimum Gasteiger partial charge on any atom is -0.333 e. The van der Waals surface area contributed by atoms with E-state index in [4.69, 9.17) is 5.73 Å². The summed E-state index contributed by atoms with van der Waals surface area (Å²) in [6, 6.07) is 4.05. The molecular weight excluding hydrogens is 276 g/mol. The van der Waals surface area contributed by atoms with Crippen LogP contribution in [0.2, 0.25) is 0 Å². The highest BCUT2D eigenvalue weighted by Crippen LogP contribution is 2.27. The third-order valence-electron chi connectivity index (χ3n) is 3.28. The highest BCUT2D eigenvalue weighted by atomic mass is 32.2. The van der Waals surface area contributed by atoms with Crippen LogP contribution < -0.4 is 5.73 Å². The lowest BCUT2D eigenvalue weighted by atomic mass is 10.2. The summed E-state index contributed by atoms with van der Waals surface area (Å²) in [4.78, 5) is 16.2. The van der Waals surface area contributed by atoms with Gasteiger partial charge in [-0.2, -0.15) is 11.8 Å². The number of hydrogen-bond donors (Lipinski definition) is 1. The van der Waals surface area contributed by atoms with E-state index < -0.39 is 0 Å². The van der Waals surface area contributed by atoms with Gasteiger partial charge in [0.15, 0.2) is 0 Å². The van der Waals surface area contributed by atoms with E-state index in [9.17, 15) is 4.79 Å². The summed E-state index contributed by atoms with van der Waals surface area (Å²) in [6.07, 6.45) is 0. The van der Waals surface area contributed by atoms with Crippen molar-refractivity contribution < 1.29 is 4.79 Å². The molecule has 0 saturated carbocycles. The molecule has 1 aliphatic rings. The number of amides is 1. The zero-order chi connectivity index (χ0) is 13.8. The fraction of sp³-hybridized carbons (Fsp3) is 0.500. The molecule has 0 bridgehead atoms. The van der Waals surface area contributed by atoms with Gasteiger partial charge in [0.25, 0.3) is 5.91 Å². The fourth-order valence-corrected chi connectivity index (χ4v) is 3.96. The number of thioether (sulfide) groups is 1. The molecule has 3 nitrogen and oxygen atoms in total. The quantitative estimate of drug-likeness (QED) is 0.806. The SMILES string of the molecule is CC1SCCN(C(=O)c2ccc(C#CCN)s2)C1C. The molecule has 1 amide bonds. The van der Waals surface area contributed by atoms with Gasteiger partial charge in [-0.05, 0) is 19.1 Å². The molecule has 1 aromatic heterocycles. The summed E-state index contributed by atoms with van der Waals surface area (Å²) in [6.45, 7) is 5.48. The molecule has 2 unspecified atom stereocenters. The lowest BCUT2D eigenvalue weighted by Crippen LogP contribution is -2.47. The van der Waals surface area contributed by atoms with Gasteiger partial charge in [0.2, 0.25) is 0 Å². The van der Waals surface area contributed by atoms with Crippen LogP contribution in [0.25, 0.3) is 0 Å². The lowest BCUT2D eigenvalue weighted by Gasteiger charge is -2.37. The standard InChI is InChI=1S/C14H18N2OS2/c1-10-11(2)18-9-8-16(10)14(17)13-6-5-12(19-13)4-3-7-15/h5-6,10-11H,7-9,15H2,1-2H3. The second-order valence-electron chi connectivity index (χ2n) is 4.48. The van der Waals surface area contributed by atoms with Crippen molar-refractivity contribution in [1.29, 1.82) is 0 Å². The van der Waals surface area contributed by atoms with Crippen LogP contribution in [0.4, 0.5) is 0 Å². The van der Waals surface area contributed by atoms with E-state index in [1.807, 2.05) is 28.8 Å². The molecule has 19 heavy (non-hydrogen) atoms. The number of carbonyl (C=O) groups excluding carboxylic acids is 1. The van der Waals surface area contributed by atoms with Crippen molar-refractivity contribution in [2.75, 3.05) is 18.8 Å². The van der Waals surface area contributed by atoms with E-state index in [-0.39, 0.29) is 11.9 Å². The largest absolute Gasteiger partial charge is 0.333 e. The number of nitrogens with two attached hydrogens (primary N) is 1. The van der Waals surface area contributed by atoms with Crippen molar-refractivity contribution in [3.63, 3.8) is 0 Å². The van der Waals surface area contributed by atoms with E-state index in [2.05, 4.69) is 25.7 Å². The van der Waals surface area contributed by atoms with Crippen molar-refractivity contribution in [1.82, 2.24) is 4.90 Å². The second-order valence-corrected chi connectivity index (χ2v) is 7.05. The van der Waals surface area contributed by atoms with E-state index in [1.54, 1.807) is 0 Å². The molecule has 2 atom stereocenters. The number of rotatable bonds is 1. The molecular formula is C14H18N2OS2. The molecule has 5 heteroatoms. The third-order valence-corrected chi connectivity index (χ3v) is 5.60. The molecule has 2 rings (SSSR count).